The molecular weight excluding hydrogens is 368 g/mol. The molecule has 1 aliphatic rings. The summed E-state index contributed by atoms with van der Waals surface area (Å²) in [7, 11) is 0. The molecular formula is C20H21ClN2O2S. The van der Waals surface area contributed by atoms with Crippen LogP contribution in [0.5, 0.6) is 0 Å². The number of carbonyl (C=O) groups excluding carboxylic acids is 2. The molecule has 4 nitrogen and oxygen atoms in total. The fourth-order valence-electron chi connectivity index (χ4n) is 3.06. The van der Waals surface area contributed by atoms with Crippen molar-refractivity contribution < 1.29 is 9.59 Å². The number of hydrogen-bond acceptors (Lipinski definition) is 3. The summed E-state index contributed by atoms with van der Waals surface area (Å²) in [5, 5.41) is 3.50. The van der Waals surface area contributed by atoms with Crippen LogP contribution in [-0.2, 0) is 16.0 Å². The van der Waals surface area contributed by atoms with Gasteiger partial charge in [-0.15, -0.1) is 11.8 Å². The molecule has 0 aromatic heterocycles. The number of nitrogens with one attached hydrogen (secondary N) is 1. The van der Waals surface area contributed by atoms with Gasteiger partial charge in [-0.2, -0.15) is 0 Å². The molecule has 1 heterocycles. The lowest BCUT2D eigenvalue weighted by atomic mass is 10.0. The van der Waals surface area contributed by atoms with Crippen LogP contribution < -0.4 is 10.2 Å². The van der Waals surface area contributed by atoms with Gasteiger partial charge < -0.3 is 10.2 Å². The van der Waals surface area contributed by atoms with Gasteiger partial charge in [0.1, 0.15) is 0 Å². The minimum Gasteiger partial charge on any atom is -0.325 e. The van der Waals surface area contributed by atoms with E-state index in [9.17, 15) is 9.59 Å². The van der Waals surface area contributed by atoms with E-state index in [0.717, 1.165) is 36.3 Å². The summed E-state index contributed by atoms with van der Waals surface area (Å²) in [5.74, 6) is 0.467. The van der Waals surface area contributed by atoms with Gasteiger partial charge in [0.25, 0.3) is 0 Å². The normalized spacial score (nSPS) is 13.2. The Bertz CT molecular complexity index is 825. The summed E-state index contributed by atoms with van der Waals surface area (Å²) in [6, 6.07) is 13.4. The molecule has 3 rings (SSSR count). The van der Waals surface area contributed by atoms with Crippen molar-refractivity contribution >= 4 is 46.6 Å². The number of fused-ring (bicyclic) bond motifs is 1. The minimum atomic E-state index is -0.118. The average Bonchev–Trinajstić information content (AvgIpc) is 2.63. The second kappa shape index (κ2) is 8.60. The molecule has 136 valence electrons. The Hall–Kier alpha value is -1.98. The number of nitrogens with zero attached hydrogens (tertiary/aromatic N) is 1. The number of para-hydroxylation sites is 1. The van der Waals surface area contributed by atoms with Gasteiger partial charge in [0, 0.05) is 22.9 Å². The van der Waals surface area contributed by atoms with E-state index in [1.807, 2.05) is 36.1 Å². The zero-order chi connectivity index (χ0) is 18.5. The number of rotatable bonds is 5. The molecule has 2 aromatic rings. The maximum absolute atomic E-state index is 12.6. The lowest BCUT2D eigenvalue weighted by molar-refractivity contribution is -0.116. The van der Waals surface area contributed by atoms with Crippen LogP contribution in [0.3, 0.4) is 0 Å². The van der Waals surface area contributed by atoms with Gasteiger partial charge in [0.05, 0.1) is 11.5 Å². The molecule has 1 aliphatic heterocycles. The van der Waals surface area contributed by atoms with Crippen molar-refractivity contribution in [3.63, 3.8) is 0 Å². The zero-order valence-corrected chi connectivity index (χ0v) is 16.2. The number of halogens is 1. The lowest BCUT2D eigenvalue weighted by Crippen LogP contribution is -2.36. The molecule has 0 spiro atoms. The van der Waals surface area contributed by atoms with E-state index in [1.165, 1.54) is 17.3 Å². The first-order valence-corrected chi connectivity index (χ1v) is 10.1. The maximum atomic E-state index is 12.6. The van der Waals surface area contributed by atoms with Crippen molar-refractivity contribution in [1.82, 2.24) is 0 Å². The van der Waals surface area contributed by atoms with Gasteiger partial charge in [-0.25, -0.2) is 0 Å². The Morgan fingerprint density at radius 2 is 2.00 bits per heavy atom. The van der Waals surface area contributed by atoms with E-state index >= 15 is 0 Å². The third-order valence-electron chi connectivity index (χ3n) is 4.33. The predicted octanol–water partition coefficient (Wildman–Crippen LogP) is 4.30. The zero-order valence-electron chi connectivity index (χ0n) is 14.6. The first-order valence-electron chi connectivity index (χ1n) is 8.56. The number of hydrogen-bond donors (Lipinski definition) is 1. The third kappa shape index (κ3) is 4.59. The molecule has 2 amide bonds. The molecule has 0 aliphatic carbocycles. The van der Waals surface area contributed by atoms with Crippen molar-refractivity contribution in [2.24, 2.45) is 0 Å². The first kappa shape index (κ1) is 18.8. The predicted molar refractivity (Wildman–Crippen MR) is 109 cm³/mol. The van der Waals surface area contributed by atoms with Crippen molar-refractivity contribution in [2.75, 3.05) is 28.3 Å². The van der Waals surface area contributed by atoms with Crippen LogP contribution in [0.4, 0.5) is 11.4 Å². The summed E-state index contributed by atoms with van der Waals surface area (Å²) >= 11 is 7.26. The molecule has 26 heavy (non-hydrogen) atoms. The molecule has 0 radical (unpaired) electrons. The summed E-state index contributed by atoms with van der Waals surface area (Å²) < 4.78 is 0. The Balaban J connectivity index is 1.50. The molecule has 0 saturated carbocycles. The standard InChI is InChI=1S/C20H21ClN2O2S/c1-14-11-16(21)8-9-17(14)22-19(24)12-26-13-20(25)23-10-4-6-15-5-2-3-7-18(15)23/h2-3,5,7-9,11H,4,6,10,12-13H2,1H3,(H,22,24). The van der Waals surface area contributed by atoms with Gasteiger partial charge in [0.2, 0.25) is 11.8 Å². The van der Waals surface area contributed by atoms with E-state index in [2.05, 4.69) is 11.4 Å². The Morgan fingerprint density at radius 3 is 2.81 bits per heavy atom. The summed E-state index contributed by atoms with van der Waals surface area (Å²) in [6.07, 6.45) is 1.99. The number of amides is 2. The van der Waals surface area contributed by atoms with E-state index in [0.29, 0.717) is 10.8 Å². The minimum absolute atomic E-state index is 0.0534. The van der Waals surface area contributed by atoms with Gasteiger partial charge >= 0.3 is 0 Å². The van der Waals surface area contributed by atoms with Gasteiger partial charge in [0.15, 0.2) is 0 Å². The quantitative estimate of drug-likeness (QED) is 0.830. The Kier molecular flexibility index (Phi) is 6.22. The molecule has 1 N–H and O–H groups in total. The fraction of sp³-hybridized carbons (Fsp3) is 0.300. The largest absolute Gasteiger partial charge is 0.325 e. The van der Waals surface area contributed by atoms with Crippen LogP contribution in [0.15, 0.2) is 42.5 Å². The molecule has 6 heteroatoms. The number of carbonyl (C=O) groups is 2. The highest BCUT2D eigenvalue weighted by molar-refractivity contribution is 8.00. The van der Waals surface area contributed by atoms with E-state index in [4.69, 9.17) is 11.6 Å². The number of benzene rings is 2. The van der Waals surface area contributed by atoms with Crippen LogP contribution in [0.25, 0.3) is 0 Å². The smallest absolute Gasteiger partial charge is 0.236 e. The van der Waals surface area contributed by atoms with Gasteiger partial charge in [-0.3, -0.25) is 9.59 Å². The SMILES string of the molecule is Cc1cc(Cl)ccc1NC(=O)CSCC(=O)N1CCCc2ccccc21. The van der Waals surface area contributed by atoms with Gasteiger partial charge in [-0.05, 0) is 55.2 Å². The Labute approximate surface area is 162 Å². The van der Waals surface area contributed by atoms with Crippen molar-refractivity contribution in [3.05, 3.63) is 58.6 Å². The highest BCUT2D eigenvalue weighted by Crippen LogP contribution is 2.27. The van der Waals surface area contributed by atoms with Crippen LogP contribution >= 0.6 is 23.4 Å². The molecule has 0 fully saturated rings. The number of aryl methyl sites for hydroxylation is 2. The number of anilines is 2. The number of thioether (sulfide) groups is 1. The maximum Gasteiger partial charge on any atom is 0.236 e. The highest BCUT2D eigenvalue weighted by atomic mass is 35.5. The van der Waals surface area contributed by atoms with Crippen molar-refractivity contribution in [2.45, 2.75) is 19.8 Å². The summed E-state index contributed by atoms with van der Waals surface area (Å²) in [6.45, 7) is 2.64. The topological polar surface area (TPSA) is 49.4 Å². The van der Waals surface area contributed by atoms with E-state index in [1.54, 1.807) is 12.1 Å². The average molecular weight is 389 g/mol. The highest BCUT2D eigenvalue weighted by Gasteiger charge is 2.22. The van der Waals surface area contributed by atoms with E-state index < -0.39 is 0 Å². The third-order valence-corrected chi connectivity index (χ3v) is 5.49. The molecule has 0 bridgehead atoms. The fourth-order valence-corrected chi connectivity index (χ4v) is 3.97. The van der Waals surface area contributed by atoms with Crippen LogP contribution in [0.1, 0.15) is 17.5 Å². The van der Waals surface area contributed by atoms with Crippen LogP contribution in [0, 0.1) is 6.92 Å². The molecule has 0 atom stereocenters. The monoisotopic (exact) mass is 388 g/mol. The lowest BCUT2D eigenvalue weighted by Gasteiger charge is -2.29. The second-order valence-electron chi connectivity index (χ2n) is 6.28. The van der Waals surface area contributed by atoms with Crippen LogP contribution in [0.2, 0.25) is 5.02 Å². The van der Waals surface area contributed by atoms with Gasteiger partial charge in [-0.1, -0.05) is 29.8 Å². The van der Waals surface area contributed by atoms with Crippen LogP contribution in [-0.4, -0.2) is 29.9 Å². The summed E-state index contributed by atoms with van der Waals surface area (Å²) in [5.41, 5.74) is 3.88. The van der Waals surface area contributed by atoms with E-state index in [-0.39, 0.29) is 17.6 Å². The first-order chi connectivity index (χ1) is 12.5. The van der Waals surface area contributed by atoms with Crippen molar-refractivity contribution in [3.8, 4) is 0 Å². The molecule has 0 unspecified atom stereocenters. The molecule has 2 aromatic carbocycles. The summed E-state index contributed by atoms with van der Waals surface area (Å²) in [4.78, 5) is 26.5. The Morgan fingerprint density at radius 1 is 1.19 bits per heavy atom. The van der Waals surface area contributed by atoms with Crippen molar-refractivity contribution in [1.29, 1.82) is 0 Å². The molecule has 0 saturated heterocycles. The second-order valence-corrected chi connectivity index (χ2v) is 7.70.